The summed E-state index contributed by atoms with van der Waals surface area (Å²) in [7, 11) is 0. The number of nitrogens with zero attached hydrogens (tertiary/aromatic N) is 2. The number of benzene rings is 1. The van der Waals surface area contributed by atoms with Crippen molar-refractivity contribution in [2.75, 3.05) is 26.2 Å². The fourth-order valence-electron chi connectivity index (χ4n) is 2.92. The zero-order chi connectivity index (χ0) is 15.9. The molecule has 4 heteroatoms. The van der Waals surface area contributed by atoms with Crippen LogP contribution in [-0.4, -0.2) is 42.0 Å². The molecule has 23 heavy (non-hydrogen) atoms. The molecule has 1 N–H and O–H groups in total. The minimum atomic E-state index is -0.0471. The van der Waals surface area contributed by atoms with E-state index in [4.69, 9.17) is 0 Å². The third-order valence-electron chi connectivity index (χ3n) is 4.26. The van der Waals surface area contributed by atoms with E-state index in [1.165, 1.54) is 19.3 Å². The second-order valence-corrected chi connectivity index (χ2v) is 5.96. The second kappa shape index (κ2) is 7.88. The smallest absolute Gasteiger partial charge is 0.252 e. The Labute approximate surface area is 137 Å². The van der Waals surface area contributed by atoms with Gasteiger partial charge >= 0.3 is 0 Å². The number of likely N-dealkylation sites (tertiary alicyclic amines) is 1. The molecule has 0 unspecified atom stereocenters. The molecule has 0 aliphatic carbocycles. The van der Waals surface area contributed by atoms with Crippen molar-refractivity contribution in [3.05, 3.63) is 54.2 Å². The molecule has 2 heterocycles. The highest BCUT2D eigenvalue weighted by atomic mass is 16.1. The Kier molecular flexibility index (Phi) is 5.37. The van der Waals surface area contributed by atoms with Crippen molar-refractivity contribution >= 4 is 5.91 Å². The Bertz CT molecular complexity index is 619. The first kappa shape index (κ1) is 15.7. The van der Waals surface area contributed by atoms with Gasteiger partial charge in [-0.2, -0.15) is 0 Å². The van der Waals surface area contributed by atoms with Gasteiger partial charge in [0, 0.05) is 24.8 Å². The van der Waals surface area contributed by atoms with E-state index in [0.717, 1.165) is 30.9 Å². The van der Waals surface area contributed by atoms with Gasteiger partial charge in [-0.1, -0.05) is 36.8 Å². The maximum atomic E-state index is 12.2. The summed E-state index contributed by atoms with van der Waals surface area (Å²) in [5, 5.41) is 2.98. The number of hydrogen-bond acceptors (Lipinski definition) is 3. The number of rotatable bonds is 5. The molecule has 1 aromatic heterocycles. The summed E-state index contributed by atoms with van der Waals surface area (Å²) < 4.78 is 0. The van der Waals surface area contributed by atoms with E-state index >= 15 is 0 Å². The third kappa shape index (κ3) is 4.39. The lowest BCUT2D eigenvalue weighted by molar-refractivity contribution is 0.0946. The maximum absolute atomic E-state index is 12.2. The Morgan fingerprint density at radius 2 is 1.83 bits per heavy atom. The minimum absolute atomic E-state index is 0.0471. The maximum Gasteiger partial charge on any atom is 0.252 e. The normalized spacial score (nSPS) is 15.3. The zero-order valence-corrected chi connectivity index (χ0v) is 13.4. The van der Waals surface area contributed by atoms with Crippen LogP contribution in [0.15, 0.2) is 48.7 Å². The summed E-state index contributed by atoms with van der Waals surface area (Å²) in [4.78, 5) is 19.0. The van der Waals surface area contributed by atoms with Gasteiger partial charge in [-0.3, -0.25) is 9.78 Å². The van der Waals surface area contributed by atoms with Crippen LogP contribution in [-0.2, 0) is 0 Å². The molecule has 4 nitrogen and oxygen atoms in total. The van der Waals surface area contributed by atoms with Crippen molar-refractivity contribution in [1.82, 2.24) is 15.2 Å². The van der Waals surface area contributed by atoms with E-state index in [2.05, 4.69) is 15.2 Å². The van der Waals surface area contributed by atoms with Gasteiger partial charge in [0.2, 0.25) is 0 Å². The summed E-state index contributed by atoms with van der Waals surface area (Å²) in [6.07, 6.45) is 5.54. The van der Waals surface area contributed by atoms with Crippen molar-refractivity contribution in [3.63, 3.8) is 0 Å². The fraction of sp³-hybridized carbons (Fsp3) is 0.368. The summed E-state index contributed by atoms with van der Waals surface area (Å²) >= 11 is 0. The van der Waals surface area contributed by atoms with E-state index in [0.29, 0.717) is 12.1 Å². The van der Waals surface area contributed by atoms with Gasteiger partial charge in [0.15, 0.2) is 0 Å². The third-order valence-corrected chi connectivity index (χ3v) is 4.26. The van der Waals surface area contributed by atoms with Crippen LogP contribution in [0.5, 0.6) is 0 Å². The predicted octanol–water partition coefficient (Wildman–Crippen LogP) is 2.96. The lowest BCUT2D eigenvalue weighted by Gasteiger charge is -2.26. The largest absolute Gasteiger partial charge is 0.351 e. The van der Waals surface area contributed by atoms with Gasteiger partial charge in [0.25, 0.3) is 5.91 Å². The number of hydrogen-bond donors (Lipinski definition) is 1. The minimum Gasteiger partial charge on any atom is -0.351 e. The lowest BCUT2D eigenvalue weighted by Crippen LogP contribution is -2.37. The molecular weight excluding hydrogens is 286 g/mol. The van der Waals surface area contributed by atoms with Gasteiger partial charge in [-0.05, 0) is 38.1 Å². The highest BCUT2D eigenvalue weighted by molar-refractivity contribution is 5.94. The first-order valence-corrected chi connectivity index (χ1v) is 8.35. The molecule has 0 bridgehead atoms. The van der Waals surface area contributed by atoms with Crippen molar-refractivity contribution in [3.8, 4) is 11.3 Å². The van der Waals surface area contributed by atoms with Crippen LogP contribution >= 0.6 is 0 Å². The number of nitrogens with one attached hydrogen (secondary N) is 1. The fourth-order valence-corrected chi connectivity index (χ4v) is 2.92. The average Bonchev–Trinajstić information content (AvgIpc) is 2.63. The number of carbonyl (C=O) groups is 1. The van der Waals surface area contributed by atoms with Crippen molar-refractivity contribution in [1.29, 1.82) is 0 Å². The summed E-state index contributed by atoms with van der Waals surface area (Å²) in [6.45, 7) is 3.94. The van der Waals surface area contributed by atoms with Crippen LogP contribution in [0.4, 0.5) is 0 Å². The van der Waals surface area contributed by atoms with Crippen molar-refractivity contribution < 1.29 is 4.79 Å². The van der Waals surface area contributed by atoms with E-state index in [1.807, 2.05) is 42.5 Å². The molecule has 2 aromatic rings. The summed E-state index contributed by atoms with van der Waals surface area (Å²) in [5.41, 5.74) is 2.56. The number of carbonyl (C=O) groups excluding carboxylic acids is 1. The van der Waals surface area contributed by atoms with Crippen LogP contribution in [0, 0.1) is 0 Å². The molecule has 1 aliphatic heterocycles. The van der Waals surface area contributed by atoms with E-state index in [-0.39, 0.29) is 5.91 Å². The number of aromatic nitrogens is 1. The van der Waals surface area contributed by atoms with E-state index in [9.17, 15) is 4.79 Å². The summed E-state index contributed by atoms with van der Waals surface area (Å²) in [6, 6.07) is 13.7. The SMILES string of the molecule is O=C(NCCN1CCCCC1)c1ccc(-c2ccccc2)nc1. The Hall–Kier alpha value is -2.20. The average molecular weight is 309 g/mol. The number of amides is 1. The molecule has 1 fully saturated rings. The van der Waals surface area contributed by atoms with Crippen molar-refractivity contribution in [2.45, 2.75) is 19.3 Å². The zero-order valence-electron chi connectivity index (χ0n) is 13.4. The van der Waals surface area contributed by atoms with Crippen LogP contribution in [0.1, 0.15) is 29.6 Å². The van der Waals surface area contributed by atoms with E-state index in [1.54, 1.807) is 6.20 Å². The predicted molar refractivity (Wildman–Crippen MR) is 92.3 cm³/mol. The van der Waals surface area contributed by atoms with Gasteiger partial charge < -0.3 is 10.2 Å². The molecule has 0 saturated carbocycles. The standard InChI is InChI=1S/C19H23N3O/c23-19(20-11-14-22-12-5-2-6-13-22)17-9-10-18(21-15-17)16-7-3-1-4-8-16/h1,3-4,7-10,15H,2,5-6,11-14H2,(H,20,23). The van der Waals surface area contributed by atoms with E-state index < -0.39 is 0 Å². The highest BCUT2D eigenvalue weighted by Crippen LogP contribution is 2.16. The molecule has 0 radical (unpaired) electrons. The highest BCUT2D eigenvalue weighted by Gasteiger charge is 2.11. The van der Waals surface area contributed by atoms with Crippen LogP contribution < -0.4 is 5.32 Å². The van der Waals surface area contributed by atoms with Gasteiger partial charge in [-0.25, -0.2) is 0 Å². The van der Waals surface area contributed by atoms with Crippen molar-refractivity contribution in [2.24, 2.45) is 0 Å². The monoisotopic (exact) mass is 309 g/mol. The molecule has 3 rings (SSSR count). The van der Waals surface area contributed by atoms with Crippen LogP contribution in [0.2, 0.25) is 0 Å². The topological polar surface area (TPSA) is 45.2 Å². The molecule has 0 atom stereocenters. The summed E-state index contributed by atoms with van der Waals surface area (Å²) in [5.74, 6) is -0.0471. The quantitative estimate of drug-likeness (QED) is 0.923. The van der Waals surface area contributed by atoms with Crippen LogP contribution in [0.3, 0.4) is 0 Å². The molecule has 1 saturated heterocycles. The first-order chi connectivity index (χ1) is 11.3. The second-order valence-electron chi connectivity index (χ2n) is 5.96. The molecule has 1 amide bonds. The first-order valence-electron chi connectivity index (χ1n) is 8.35. The van der Waals surface area contributed by atoms with Crippen LogP contribution in [0.25, 0.3) is 11.3 Å². The Balaban J connectivity index is 1.51. The van der Waals surface area contributed by atoms with Gasteiger partial charge in [0.1, 0.15) is 0 Å². The Morgan fingerprint density at radius 3 is 2.52 bits per heavy atom. The number of pyridine rings is 1. The Morgan fingerprint density at radius 1 is 1.04 bits per heavy atom. The number of piperidine rings is 1. The molecular formula is C19H23N3O. The van der Waals surface area contributed by atoms with Gasteiger partial charge in [0.05, 0.1) is 11.3 Å². The lowest BCUT2D eigenvalue weighted by atomic mass is 10.1. The molecule has 1 aromatic carbocycles. The molecule has 1 aliphatic rings. The molecule has 120 valence electrons. The molecule has 0 spiro atoms. The van der Waals surface area contributed by atoms with Gasteiger partial charge in [-0.15, -0.1) is 0 Å².